The van der Waals surface area contributed by atoms with Gasteiger partial charge in [-0.25, -0.2) is 9.50 Å². The Morgan fingerprint density at radius 2 is 2.00 bits per heavy atom. The number of ether oxygens (including phenoxy) is 1. The van der Waals surface area contributed by atoms with E-state index in [1.807, 2.05) is 48.5 Å². The van der Waals surface area contributed by atoms with E-state index in [4.69, 9.17) is 9.72 Å². The van der Waals surface area contributed by atoms with Crippen LogP contribution < -0.4 is 15.6 Å². The van der Waals surface area contributed by atoms with E-state index < -0.39 is 0 Å². The standard InChI is InChI=1S/C23H25N5O2/c1-15(2)23(25-14-16-7-6-8-17(11-16)30-3)20-13-22(29)28-21(26-20)12-19(27-28)18-9-4-5-10-24-18/h4-13,15,23,25,27H,14H2,1-3H3. The van der Waals surface area contributed by atoms with Crippen molar-refractivity contribution in [2.24, 2.45) is 5.92 Å². The van der Waals surface area contributed by atoms with E-state index in [9.17, 15) is 4.79 Å². The molecule has 4 aromatic rings. The third-order valence-electron chi connectivity index (χ3n) is 5.06. The number of methoxy groups -OCH3 is 1. The van der Waals surface area contributed by atoms with Crippen LogP contribution in [-0.2, 0) is 6.54 Å². The van der Waals surface area contributed by atoms with E-state index in [1.165, 1.54) is 4.52 Å². The molecule has 1 atom stereocenters. The van der Waals surface area contributed by atoms with Crippen LogP contribution in [0.15, 0.2) is 65.6 Å². The lowest BCUT2D eigenvalue weighted by Gasteiger charge is -2.22. The van der Waals surface area contributed by atoms with Gasteiger partial charge < -0.3 is 10.1 Å². The van der Waals surface area contributed by atoms with Gasteiger partial charge in [-0.2, -0.15) is 0 Å². The summed E-state index contributed by atoms with van der Waals surface area (Å²) < 4.78 is 6.76. The quantitative estimate of drug-likeness (QED) is 0.493. The molecule has 0 aliphatic rings. The van der Waals surface area contributed by atoms with Gasteiger partial charge in [0.05, 0.1) is 30.2 Å². The summed E-state index contributed by atoms with van der Waals surface area (Å²) in [7, 11) is 1.66. The molecule has 3 heterocycles. The Bertz CT molecular complexity index is 1200. The Hall–Kier alpha value is -3.45. The molecule has 7 heteroatoms. The van der Waals surface area contributed by atoms with Gasteiger partial charge >= 0.3 is 0 Å². The fourth-order valence-electron chi connectivity index (χ4n) is 3.51. The molecule has 0 saturated heterocycles. The number of hydrogen-bond acceptors (Lipinski definition) is 5. The van der Waals surface area contributed by atoms with Crippen LogP contribution in [0.3, 0.4) is 0 Å². The third-order valence-corrected chi connectivity index (χ3v) is 5.06. The fraction of sp³-hybridized carbons (Fsp3) is 0.261. The molecule has 0 saturated carbocycles. The Morgan fingerprint density at radius 1 is 1.13 bits per heavy atom. The van der Waals surface area contributed by atoms with Crippen molar-refractivity contribution < 1.29 is 4.74 Å². The minimum Gasteiger partial charge on any atom is -0.497 e. The van der Waals surface area contributed by atoms with Crippen LogP contribution >= 0.6 is 0 Å². The largest absolute Gasteiger partial charge is 0.497 e. The van der Waals surface area contributed by atoms with Crippen molar-refractivity contribution in [3.05, 3.63) is 82.4 Å². The first kappa shape index (κ1) is 19.8. The molecule has 1 unspecified atom stereocenters. The second-order valence-corrected chi connectivity index (χ2v) is 7.55. The molecular weight excluding hydrogens is 378 g/mol. The van der Waals surface area contributed by atoms with E-state index in [0.717, 1.165) is 28.4 Å². The highest BCUT2D eigenvalue weighted by Crippen LogP contribution is 2.22. The summed E-state index contributed by atoms with van der Waals surface area (Å²) in [5.41, 5.74) is 3.78. The number of H-pyrrole nitrogens is 1. The van der Waals surface area contributed by atoms with Gasteiger partial charge in [0.25, 0.3) is 5.56 Å². The van der Waals surface area contributed by atoms with Crippen molar-refractivity contribution >= 4 is 5.65 Å². The lowest BCUT2D eigenvalue weighted by Crippen LogP contribution is -2.28. The number of nitrogens with one attached hydrogen (secondary N) is 2. The summed E-state index contributed by atoms with van der Waals surface area (Å²) in [5, 5.41) is 6.64. The number of pyridine rings is 1. The number of rotatable bonds is 7. The predicted octanol–water partition coefficient (Wildman–Crippen LogP) is 3.58. The van der Waals surface area contributed by atoms with Crippen LogP contribution in [0, 0.1) is 5.92 Å². The second-order valence-electron chi connectivity index (χ2n) is 7.55. The summed E-state index contributed by atoms with van der Waals surface area (Å²) in [4.78, 5) is 21.9. The lowest BCUT2D eigenvalue weighted by molar-refractivity contribution is 0.398. The summed E-state index contributed by atoms with van der Waals surface area (Å²) in [6.45, 7) is 4.87. The van der Waals surface area contributed by atoms with Gasteiger partial charge in [0, 0.05) is 24.9 Å². The molecule has 7 nitrogen and oxygen atoms in total. The Kier molecular flexibility index (Phi) is 5.63. The molecule has 1 aromatic carbocycles. The maximum absolute atomic E-state index is 12.8. The Morgan fingerprint density at radius 3 is 2.73 bits per heavy atom. The van der Waals surface area contributed by atoms with Crippen molar-refractivity contribution in [1.29, 1.82) is 0 Å². The van der Waals surface area contributed by atoms with Gasteiger partial charge in [-0.15, -0.1) is 0 Å². The van der Waals surface area contributed by atoms with Crippen LogP contribution in [0.2, 0.25) is 0 Å². The van der Waals surface area contributed by atoms with E-state index >= 15 is 0 Å². The fourth-order valence-corrected chi connectivity index (χ4v) is 3.51. The highest BCUT2D eigenvalue weighted by Gasteiger charge is 2.19. The van der Waals surface area contributed by atoms with Gasteiger partial charge in [-0.05, 0) is 35.7 Å². The average Bonchev–Trinajstić information content (AvgIpc) is 3.19. The van der Waals surface area contributed by atoms with Crippen molar-refractivity contribution in [3.63, 3.8) is 0 Å². The molecule has 2 N–H and O–H groups in total. The summed E-state index contributed by atoms with van der Waals surface area (Å²) in [6, 6.07) is 17.0. The van der Waals surface area contributed by atoms with E-state index in [-0.39, 0.29) is 17.5 Å². The molecule has 3 aromatic heterocycles. The van der Waals surface area contributed by atoms with E-state index in [1.54, 1.807) is 19.4 Å². The number of aromatic amines is 1. The SMILES string of the molecule is COc1cccc(CNC(c2cc(=O)n3[nH]c(-c4ccccn4)cc3n2)C(C)C)c1. The number of aromatic nitrogens is 4. The number of hydrogen-bond donors (Lipinski definition) is 2. The zero-order valence-electron chi connectivity index (χ0n) is 17.3. The molecule has 0 spiro atoms. The molecule has 0 aliphatic carbocycles. The molecule has 30 heavy (non-hydrogen) atoms. The summed E-state index contributed by atoms with van der Waals surface area (Å²) in [5.74, 6) is 1.07. The van der Waals surface area contributed by atoms with Crippen molar-refractivity contribution in [1.82, 2.24) is 24.9 Å². The zero-order chi connectivity index (χ0) is 21.1. The normalized spacial score (nSPS) is 12.4. The minimum absolute atomic E-state index is 0.0675. The smallest absolute Gasteiger partial charge is 0.272 e. The maximum atomic E-state index is 12.8. The predicted molar refractivity (Wildman–Crippen MR) is 116 cm³/mol. The molecule has 0 fully saturated rings. The molecule has 0 radical (unpaired) electrons. The maximum Gasteiger partial charge on any atom is 0.272 e. The first-order chi connectivity index (χ1) is 14.5. The van der Waals surface area contributed by atoms with E-state index in [0.29, 0.717) is 12.2 Å². The number of nitrogens with zero attached hydrogens (tertiary/aromatic N) is 3. The van der Waals surface area contributed by atoms with Crippen molar-refractivity contribution in [2.75, 3.05) is 7.11 Å². The number of benzene rings is 1. The molecule has 0 bridgehead atoms. The molecule has 0 aliphatic heterocycles. The van der Waals surface area contributed by atoms with E-state index in [2.05, 4.69) is 29.2 Å². The van der Waals surface area contributed by atoms with Crippen LogP contribution in [0.25, 0.3) is 17.0 Å². The Labute approximate surface area is 174 Å². The highest BCUT2D eigenvalue weighted by atomic mass is 16.5. The Balaban J connectivity index is 1.64. The van der Waals surface area contributed by atoms with Crippen molar-refractivity contribution in [3.8, 4) is 17.1 Å². The second kappa shape index (κ2) is 8.51. The van der Waals surface area contributed by atoms with Gasteiger partial charge in [0.2, 0.25) is 0 Å². The molecule has 0 amide bonds. The third kappa shape index (κ3) is 4.11. The van der Waals surface area contributed by atoms with Gasteiger partial charge in [0.1, 0.15) is 5.75 Å². The number of fused-ring (bicyclic) bond motifs is 1. The van der Waals surface area contributed by atoms with Crippen molar-refractivity contribution in [2.45, 2.75) is 26.4 Å². The first-order valence-corrected chi connectivity index (χ1v) is 9.95. The first-order valence-electron chi connectivity index (χ1n) is 9.95. The summed E-state index contributed by atoms with van der Waals surface area (Å²) >= 11 is 0. The average molecular weight is 403 g/mol. The monoisotopic (exact) mass is 403 g/mol. The van der Waals surface area contributed by atoms with Crippen LogP contribution in [0.4, 0.5) is 0 Å². The van der Waals surface area contributed by atoms with Gasteiger partial charge in [-0.1, -0.05) is 32.0 Å². The minimum atomic E-state index is -0.147. The van der Waals surface area contributed by atoms with Gasteiger partial charge in [-0.3, -0.25) is 14.9 Å². The highest BCUT2D eigenvalue weighted by molar-refractivity contribution is 5.60. The lowest BCUT2D eigenvalue weighted by atomic mass is 10.00. The molecule has 154 valence electrons. The topological polar surface area (TPSA) is 84.3 Å². The zero-order valence-corrected chi connectivity index (χ0v) is 17.3. The van der Waals surface area contributed by atoms with Crippen LogP contribution in [0.1, 0.15) is 31.1 Å². The van der Waals surface area contributed by atoms with Gasteiger partial charge in [0.15, 0.2) is 5.65 Å². The van der Waals surface area contributed by atoms with Crippen LogP contribution in [0.5, 0.6) is 5.75 Å². The summed E-state index contributed by atoms with van der Waals surface area (Å²) in [6.07, 6.45) is 1.72. The van der Waals surface area contributed by atoms with Crippen LogP contribution in [-0.4, -0.2) is 26.7 Å². The molecular formula is C23H25N5O2. The molecule has 4 rings (SSSR count).